The van der Waals surface area contributed by atoms with Crippen molar-refractivity contribution >= 4 is 11.4 Å². The molecule has 0 radical (unpaired) electrons. The Kier molecular flexibility index (Phi) is 6.33. The maximum Gasteiger partial charge on any atom is 0.122 e. The van der Waals surface area contributed by atoms with Gasteiger partial charge in [-0.1, -0.05) is 12.1 Å². The fourth-order valence-corrected chi connectivity index (χ4v) is 2.60. The average Bonchev–Trinajstić information content (AvgIpc) is 2.57. The van der Waals surface area contributed by atoms with Gasteiger partial charge in [-0.05, 0) is 69.2 Å². The van der Waals surface area contributed by atoms with E-state index in [0.717, 1.165) is 31.1 Å². The lowest BCUT2D eigenvalue weighted by molar-refractivity contribution is 0.330. The minimum atomic E-state index is 0.655. The highest BCUT2D eigenvalue weighted by molar-refractivity contribution is 5.55. The third kappa shape index (κ3) is 4.92. The highest BCUT2D eigenvalue weighted by Gasteiger charge is 2.02. The number of nitrogens with one attached hydrogen (secondary N) is 1. The van der Waals surface area contributed by atoms with Gasteiger partial charge in [0.1, 0.15) is 12.4 Å². The molecule has 23 heavy (non-hydrogen) atoms. The molecule has 0 saturated carbocycles. The lowest BCUT2D eigenvalue weighted by Gasteiger charge is -2.21. The Hall–Kier alpha value is -2.16. The largest absolute Gasteiger partial charge is 0.491 e. The van der Waals surface area contributed by atoms with E-state index in [2.05, 4.69) is 80.4 Å². The number of aryl methyl sites for hydroxylation is 2. The Bertz CT molecular complexity index is 604. The van der Waals surface area contributed by atoms with Crippen LogP contribution in [0.4, 0.5) is 11.4 Å². The van der Waals surface area contributed by atoms with Crippen molar-refractivity contribution < 1.29 is 4.74 Å². The number of hydrogen-bond acceptors (Lipinski definition) is 3. The molecule has 124 valence electrons. The first-order valence-electron chi connectivity index (χ1n) is 8.43. The fraction of sp³-hybridized carbons (Fsp3) is 0.400. The summed E-state index contributed by atoms with van der Waals surface area (Å²) >= 11 is 0. The molecule has 2 aromatic carbocycles. The van der Waals surface area contributed by atoms with Gasteiger partial charge in [-0.3, -0.25) is 0 Å². The molecule has 3 heteroatoms. The van der Waals surface area contributed by atoms with E-state index in [9.17, 15) is 0 Å². The lowest BCUT2D eigenvalue weighted by atomic mass is 10.1. The Morgan fingerprint density at radius 2 is 1.65 bits per heavy atom. The standard InChI is InChI=1S/C20H28N2O/c1-5-22(6-2)19-11-9-18(10-12-19)21-13-14-23-20-15-16(3)7-8-17(20)4/h7-12,15,21H,5-6,13-14H2,1-4H3. The Balaban J connectivity index is 1.81. The van der Waals surface area contributed by atoms with Crippen LogP contribution in [-0.4, -0.2) is 26.2 Å². The van der Waals surface area contributed by atoms with Crippen LogP contribution in [0.25, 0.3) is 0 Å². The predicted octanol–water partition coefficient (Wildman–Crippen LogP) is 4.64. The molecule has 0 bridgehead atoms. The quantitative estimate of drug-likeness (QED) is 0.719. The zero-order valence-corrected chi connectivity index (χ0v) is 14.7. The van der Waals surface area contributed by atoms with Crippen LogP contribution in [0.5, 0.6) is 5.75 Å². The smallest absolute Gasteiger partial charge is 0.122 e. The van der Waals surface area contributed by atoms with Crippen molar-refractivity contribution in [3.8, 4) is 5.75 Å². The normalized spacial score (nSPS) is 10.4. The summed E-state index contributed by atoms with van der Waals surface area (Å²) in [6.45, 7) is 12.0. The van der Waals surface area contributed by atoms with Crippen LogP contribution in [0.15, 0.2) is 42.5 Å². The fourth-order valence-electron chi connectivity index (χ4n) is 2.60. The predicted molar refractivity (Wildman–Crippen MR) is 99.9 cm³/mol. The summed E-state index contributed by atoms with van der Waals surface area (Å²) in [5, 5.41) is 3.41. The molecule has 1 N–H and O–H groups in total. The molecule has 0 atom stereocenters. The van der Waals surface area contributed by atoms with Crippen molar-refractivity contribution in [1.29, 1.82) is 0 Å². The third-order valence-corrected chi connectivity index (χ3v) is 4.03. The second-order valence-electron chi connectivity index (χ2n) is 5.76. The second kappa shape index (κ2) is 8.47. The van der Waals surface area contributed by atoms with Crippen LogP contribution >= 0.6 is 0 Å². The van der Waals surface area contributed by atoms with Crippen molar-refractivity contribution in [2.45, 2.75) is 27.7 Å². The first kappa shape index (κ1) is 17.2. The summed E-state index contributed by atoms with van der Waals surface area (Å²) in [4.78, 5) is 2.34. The van der Waals surface area contributed by atoms with E-state index < -0.39 is 0 Å². The van der Waals surface area contributed by atoms with Crippen LogP contribution in [-0.2, 0) is 0 Å². The highest BCUT2D eigenvalue weighted by Crippen LogP contribution is 2.19. The number of ether oxygens (including phenoxy) is 1. The molecular weight excluding hydrogens is 284 g/mol. The molecule has 0 spiro atoms. The van der Waals surface area contributed by atoms with Gasteiger partial charge in [0.25, 0.3) is 0 Å². The van der Waals surface area contributed by atoms with E-state index in [1.54, 1.807) is 0 Å². The third-order valence-electron chi connectivity index (χ3n) is 4.03. The number of rotatable bonds is 8. The summed E-state index contributed by atoms with van der Waals surface area (Å²) in [7, 11) is 0. The first-order valence-corrected chi connectivity index (χ1v) is 8.43. The maximum atomic E-state index is 5.87. The number of nitrogens with zero attached hydrogens (tertiary/aromatic N) is 1. The van der Waals surface area contributed by atoms with E-state index in [4.69, 9.17) is 4.74 Å². The monoisotopic (exact) mass is 312 g/mol. The molecule has 0 unspecified atom stereocenters. The Morgan fingerprint density at radius 3 is 2.30 bits per heavy atom. The van der Waals surface area contributed by atoms with Gasteiger partial charge in [0, 0.05) is 31.0 Å². The second-order valence-corrected chi connectivity index (χ2v) is 5.76. The molecule has 2 aromatic rings. The zero-order valence-electron chi connectivity index (χ0n) is 14.7. The maximum absolute atomic E-state index is 5.87. The van der Waals surface area contributed by atoms with E-state index in [0.29, 0.717) is 6.61 Å². The van der Waals surface area contributed by atoms with Gasteiger partial charge in [0.15, 0.2) is 0 Å². The molecule has 2 rings (SSSR count). The van der Waals surface area contributed by atoms with E-state index in [1.165, 1.54) is 16.8 Å². The molecule has 0 aliphatic carbocycles. The molecule has 3 nitrogen and oxygen atoms in total. The first-order chi connectivity index (χ1) is 11.1. The van der Waals surface area contributed by atoms with E-state index in [1.807, 2.05) is 0 Å². The summed E-state index contributed by atoms with van der Waals surface area (Å²) in [6, 6.07) is 14.9. The summed E-state index contributed by atoms with van der Waals surface area (Å²) in [5.74, 6) is 0.976. The van der Waals surface area contributed by atoms with Crippen molar-refractivity contribution in [2.75, 3.05) is 36.5 Å². The van der Waals surface area contributed by atoms with Gasteiger partial charge in [-0.25, -0.2) is 0 Å². The summed E-state index contributed by atoms with van der Waals surface area (Å²) < 4.78 is 5.87. The molecule has 0 saturated heterocycles. The van der Waals surface area contributed by atoms with Crippen LogP contribution in [0.3, 0.4) is 0 Å². The van der Waals surface area contributed by atoms with E-state index in [-0.39, 0.29) is 0 Å². The van der Waals surface area contributed by atoms with Gasteiger partial charge in [-0.15, -0.1) is 0 Å². The van der Waals surface area contributed by atoms with Gasteiger partial charge < -0.3 is 15.0 Å². The van der Waals surface area contributed by atoms with Gasteiger partial charge in [0.2, 0.25) is 0 Å². The van der Waals surface area contributed by atoms with Crippen LogP contribution in [0.2, 0.25) is 0 Å². The number of hydrogen-bond donors (Lipinski definition) is 1. The summed E-state index contributed by atoms with van der Waals surface area (Å²) in [5.41, 5.74) is 4.81. The van der Waals surface area contributed by atoms with Gasteiger partial charge in [-0.2, -0.15) is 0 Å². The molecular formula is C20H28N2O. The minimum absolute atomic E-state index is 0.655. The molecule has 0 aliphatic rings. The molecule has 0 aliphatic heterocycles. The van der Waals surface area contributed by atoms with Crippen molar-refractivity contribution in [3.05, 3.63) is 53.6 Å². The lowest BCUT2D eigenvalue weighted by Crippen LogP contribution is -2.21. The Morgan fingerprint density at radius 1 is 0.957 bits per heavy atom. The zero-order chi connectivity index (χ0) is 16.7. The van der Waals surface area contributed by atoms with Crippen molar-refractivity contribution in [2.24, 2.45) is 0 Å². The number of anilines is 2. The van der Waals surface area contributed by atoms with Crippen molar-refractivity contribution in [3.63, 3.8) is 0 Å². The molecule has 0 aromatic heterocycles. The summed E-state index contributed by atoms with van der Waals surface area (Å²) in [6.07, 6.45) is 0. The minimum Gasteiger partial charge on any atom is -0.491 e. The SMILES string of the molecule is CCN(CC)c1ccc(NCCOc2cc(C)ccc2C)cc1. The molecule has 0 heterocycles. The van der Waals surface area contributed by atoms with Crippen molar-refractivity contribution in [1.82, 2.24) is 0 Å². The van der Waals surface area contributed by atoms with Gasteiger partial charge in [0.05, 0.1) is 0 Å². The van der Waals surface area contributed by atoms with Crippen LogP contribution in [0.1, 0.15) is 25.0 Å². The molecule has 0 fully saturated rings. The average molecular weight is 312 g/mol. The Labute approximate surface area is 140 Å². The topological polar surface area (TPSA) is 24.5 Å². The molecule has 0 amide bonds. The van der Waals surface area contributed by atoms with Crippen LogP contribution < -0.4 is 15.0 Å². The van der Waals surface area contributed by atoms with Gasteiger partial charge >= 0.3 is 0 Å². The van der Waals surface area contributed by atoms with Crippen LogP contribution in [0, 0.1) is 13.8 Å². The number of benzene rings is 2. The van der Waals surface area contributed by atoms with E-state index >= 15 is 0 Å². The highest BCUT2D eigenvalue weighted by atomic mass is 16.5.